The summed E-state index contributed by atoms with van der Waals surface area (Å²) in [6.45, 7) is 0.810. The fourth-order valence-electron chi connectivity index (χ4n) is 3.18. The van der Waals surface area contributed by atoms with E-state index in [1.165, 1.54) is 0 Å². The molecule has 30 heavy (non-hydrogen) atoms. The van der Waals surface area contributed by atoms with Crippen molar-refractivity contribution in [2.75, 3.05) is 6.54 Å². The Hall–Kier alpha value is -4.00. The molecule has 0 radical (unpaired) electrons. The van der Waals surface area contributed by atoms with Crippen LogP contribution >= 0.6 is 0 Å². The van der Waals surface area contributed by atoms with Crippen LogP contribution in [-0.4, -0.2) is 32.7 Å². The van der Waals surface area contributed by atoms with Gasteiger partial charge in [0.2, 0.25) is 5.82 Å². The average molecular weight is 399 g/mol. The molecule has 4 aromatic rings. The van der Waals surface area contributed by atoms with Gasteiger partial charge in [0, 0.05) is 31.7 Å². The Labute approximate surface area is 173 Å². The van der Waals surface area contributed by atoms with Gasteiger partial charge in [0.05, 0.1) is 5.52 Å². The number of carbonyl (C=O) groups excluding carboxylic acids is 2. The van der Waals surface area contributed by atoms with Crippen LogP contribution in [-0.2, 0) is 13.0 Å². The normalized spacial score (nSPS) is 10.7. The van der Waals surface area contributed by atoms with Crippen molar-refractivity contribution < 1.29 is 9.59 Å². The van der Waals surface area contributed by atoms with Crippen molar-refractivity contribution in [3.8, 4) is 0 Å². The van der Waals surface area contributed by atoms with Crippen LogP contribution in [0, 0.1) is 0 Å². The van der Waals surface area contributed by atoms with Gasteiger partial charge in [0.15, 0.2) is 5.69 Å². The maximum Gasteiger partial charge on any atom is 0.287 e. The van der Waals surface area contributed by atoms with E-state index < -0.39 is 0 Å². The number of imidazole rings is 1. The number of carbonyl (C=O) groups is 2. The van der Waals surface area contributed by atoms with Crippen molar-refractivity contribution >= 4 is 17.3 Å². The average Bonchev–Trinajstić information content (AvgIpc) is 3.19. The van der Waals surface area contributed by atoms with Crippen LogP contribution < -0.4 is 10.6 Å². The molecule has 3 heterocycles. The molecule has 0 atom stereocenters. The quantitative estimate of drug-likeness (QED) is 0.500. The lowest BCUT2D eigenvalue weighted by Gasteiger charge is -2.04. The van der Waals surface area contributed by atoms with Gasteiger partial charge in [0.1, 0.15) is 0 Å². The molecule has 1 aromatic carbocycles. The molecule has 7 nitrogen and oxygen atoms in total. The van der Waals surface area contributed by atoms with Crippen LogP contribution in [0.15, 0.2) is 79.3 Å². The Kier molecular flexibility index (Phi) is 5.80. The van der Waals surface area contributed by atoms with E-state index in [9.17, 15) is 9.59 Å². The highest BCUT2D eigenvalue weighted by Gasteiger charge is 2.21. The fraction of sp³-hybridized carbons (Fsp3) is 0.130. The molecule has 0 aliphatic heterocycles. The van der Waals surface area contributed by atoms with Crippen molar-refractivity contribution in [3.05, 3.63) is 102 Å². The molecule has 2 amide bonds. The van der Waals surface area contributed by atoms with E-state index in [-0.39, 0.29) is 23.3 Å². The lowest BCUT2D eigenvalue weighted by molar-refractivity contribution is 0.0939. The first kappa shape index (κ1) is 19.3. The Balaban J connectivity index is 1.48. The number of hydrogen-bond acceptors (Lipinski definition) is 4. The summed E-state index contributed by atoms with van der Waals surface area (Å²) in [5.74, 6) is -0.493. The second kappa shape index (κ2) is 9.00. The molecule has 7 heteroatoms. The first-order valence-corrected chi connectivity index (χ1v) is 9.68. The van der Waals surface area contributed by atoms with E-state index in [0.29, 0.717) is 18.6 Å². The number of benzene rings is 1. The maximum absolute atomic E-state index is 12.7. The zero-order chi connectivity index (χ0) is 20.8. The zero-order valence-corrected chi connectivity index (χ0v) is 16.3. The molecule has 3 aromatic heterocycles. The van der Waals surface area contributed by atoms with Crippen molar-refractivity contribution in [1.82, 2.24) is 25.0 Å². The molecule has 0 aliphatic rings. The minimum absolute atomic E-state index is 0.169. The van der Waals surface area contributed by atoms with Crippen LogP contribution in [0.1, 0.15) is 32.2 Å². The van der Waals surface area contributed by atoms with E-state index in [0.717, 1.165) is 17.5 Å². The number of pyridine rings is 2. The van der Waals surface area contributed by atoms with Crippen LogP contribution in [0.25, 0.3) is 5.52 Å². The van der Waals surface area contributed by atoms with E-state index in [1.807, 2.05) is 48.5 Å². The summed E-state index contributed by atoms with van der Waals surface area (Å²) >= 11 is 0. The number of rotatable bonds is 7. The highest BCUT2D eigenvalue weighted by atomic mass is 16.2. The van der Waals surface area contributed by atoms with Crippen LogP contribution in [0.4, 0.5) is 0 Å². The van der Waals surface area contributed by atoms with E-state index >= 15 is 0 Å². The van der Waals surface area contributed by atoms with Gasteiger partial charge in [-0.15, -0.1) is 0 Å². The predicted octanol–water partition coefficient (Wildman–Crippen LogP) is 2.63. The first-order valence-electron chi connectivity index (χ1n) is 9.68. The molecule has 150 valence electrons. The third-order valence-corrected chi connectivity index (χ3v) is 4.68. The smallest absolute Gasteiger partial charge is 0.287 e. The zero-order valence-electron chi connectivity index (χ0n) is 16.3. The lowest BCUT2D eigenvalue weighted by Crippen LogP contribution is -2.27. The van der Waals surface area contributed by atoms with Gasteiger partial charge in [-0.1, -0.05) is 42.5 Å². The molecule has 0 fully saturated rings. The molecule has 0 saturated carbocycles. The van der Waals surface area contributed by atoms with E-state index in [1.54, 1.807) is 35.1 Å². The predicted molar refractivity (Wildman–Crippen MR) is 113 cm³/mol. The van der Waals surface area contributed by atoms with Crippen LogP contribution in [0.5, 0.6) is 0 Å². The highest BCUT2D eigenvalue weighted by Crippen LogP contribution is 2.13. The molecule has 4 rings (SSSR count). The number of nitrogens with one attached hydrogen (secondary N) is 2. The Morgan fingerprint density at radius 3 is 2.47 bits per heavy atom. The second-order valence-electron chi connectivity index (χ2n) is 6.78. The minimum Gasteiger partial charge on any atom is -0.350 e. The monoisotopic (exact) mass is 399 g/mol. The summed E-state index contributed by atoms with van der Waals surface area (Å²) in [6, 6.07) is 19.0. The third kappa shape index (κ3) is 4.35. The first-order chi connectivity index (χ1) is 14.7. The summed E-state index contributed by atoms with van der Waals surface area (Å²) in [5.41, 5.74) is 2.84. The van der Waals surface area contributed by atoms with Gasteiger partial charge in [-0.2, -0.15) is 0 Å². The molecule has 0 spiro atoms. The Morgan fingerprint density at radius 2 is 1.67 bits per heavy atom. The van der Waals surface area contributed by atoms with Gasteiger partial charge in [-0.3, -0.25) is 19.0 Å². The second-order valence-corrected chi connectivity index (χ2v) is 6.78. The van der Waals surface area contributed by atoms with E-state index in [2.05, 4.69) is 20.6 Å². The summed E-state index contributed by atoms with van der Waals surface area (Å²) < 4.78 is 1.63. The SMILES string of the molecule is O=C(NCCc1ccccc1)c1nc(C(=O)NCc2cccnc2)n2ccccc12. The molecular formula is C23H21N5O2. The third-order valence-electron chi connectivity index (χ3n) is 4.68. The van der Waals surface area contributed by atoms with Crippen LogP contribution in [0.3, 0.4) is 0 Å². The summed E-state index contributed by atoms with van der Waals surface area (Å²) in [5, 5.41) is 5.73. The highest BCUT2D eigenvalue weighted by molar-refractivity contribution is 6.02. The van der Waals surface area contributed by atoms with E-state index in [4.69, 9.17) is 0 Å². The van der Waals surface area contributed by atoms with Crippen molar-refractivity contribution in [2.24, 2.45) is 0 Å². The number of hydrogen-bond donors (Lipinski definition) is 2. The summed E-state index contributed by atoms with van der Waals surface area (Å²) in [4.78, 5) is 33.8. The van der Waals surface area contributed by atoms with Gasteiger partial charge in [-0.25, -0.2) is 4.98 Å². The summed E-state index contributed by atoms with van der Waals surface area (Å²) in [6.07, 6.45) is 5.81. The number of fused-ring (bicyclic) bond motifs is 1. The van der Waals surface area contributed by atoms with Gasteiger partial charge >= 0.3 is 0 Å². The molecule has 2 N–H and O–H groups in total. The van der Waals surface area contributed by atoms with Gasteiger partial charge in [0.25, 0.3) is 11.8 Å². The van der Waals surface area contributed by atoms with Crippen molar-refractivity contribution in [1.29, 1.82) is 0 Å². The molecule has 0 unspecified atom stereocenters. The molecule has 0 bridgehead atoms. The largest absolute Gasteiger partial charge is 0.350 e. The Morgan fingerprint density at radius 1 is 0.867 bits per heavy atom. The number of nitrogens with zero attached hydrogens (tertiary/aromatic N) is 3. The van der Waals surface area contributed by atoms with Crippen molar-refractivity contribution in [2.45, 2.75) is 13.0 Å². The minimum atomic E-state index is -0.358. The fourth-order valence-corrected chi connectivity index (χ4v) is 3.18. The number of aromatic nitrogens is 3. The van der Waals surface area contributed by atoms with Crippen molar-refractivity contribution in [3.63, 3.8) is 0 Å². The standard InChI is InChI=1S/C23H21N5O2/c29-22(25-13-11-17-7-2-1-3-8-17)20-19-10-4-5-14-28(19)21(27-20)23(30)26-16-18-9-6-12-24-15-18/h1-10,12,14-15H,11,13,16H2,(H,25,29)(H,26,30). The summed E-state index contributed by atoms with van der Waals surface area (Å²) in [7, 11) is 0. The molecule has 0 saturated heterocycles. The lowest BCUT2D eigenvalue weighted by atomic mass is 10.1. The molecular weight excluding hydrogens is 378 g/mol. The van der Waals surface area contributed by atoms with Crippen LogP contribution in [0.2, 0.25) is 0 Å². The molecule has 0 aliphatic carbocycles. The topological polar surface area (TPSA) is 88.4 Å². The van der Waals surface area contributed by atoms with Gasteiger partial charge in [-0.05, 0) is 35.7 Å². The Bertz CT molecular complexity index is 1160. The van der Waals surface area contributed by atoms with Gasteiger partial charge < -0.3 is 10.6 Å². The maximum atomic E-state index is 12.7. The number of amides is 2.